The number of rotatable bonds is 4. The van der Waals surface area contributed by atoms with Crippen LogP contribution in [0.15, 0.2) is 47.9 Å². The number of thioether (sulfide) groups is 1. The van der Waals surface area contributed by atoms with Crippen molar-refractivity contribution in [2.24, 2.45) is 5.41 Å². The van der Waals surface area contributed by atoms with Gasteiger partial charge in [-0.05, 0) is 31.2 Å². The van der Waals surface area contributed by atoms with E-state index in [2.05, 4.69) is 4.98 Å². The third-order valence-electron chi connectivity index (χ3n) is 5.64. The highest BCUT2D eigenvalue weighted by molar-refractivity contribution is 7.98. The van der Waals surface area contributed by atoms with Gasteiger partial charge in [-0.1, -0.05) is 12.1 Å². The molecule has 0 saturated carbocycles. The number of amides is 1. The van der Waals surface area contributed by atoms with Gasteiger partial charge in [0.05, 0.1) is 23.9 Å². The lowest BCUT2D eigenvalue weighted by molar-refractivity contribution is -0.150. The monoisotopic (exact) mass is 385 g/mol. The van der Waals surface area contributed by atoms with Crippen LogP contribution in [0.4, 0.5) is 0 Å². The van der Waals surface area contributed by atoms with E-state index in [4.69, 9.17) is 4.74 Å². The van der Waals surface area contributed by atoms with Gasteiger partial charge in [0.25, 0.3) is 5.91 Å². The molecule has 0 bridgehead atoms. The van der Waals surface area contributed by atoms with Crippen LogP contribution in [0.1, 0.15) is 29.6 Å². The molecule has 0 aliphatic carbocycles. The zero-order chi connectivity index (χ0) is 18.9. The fraction of sp³-hybridized carbons (Fsp3) is 0.450. The molecule has 1 aromatic heterocycles. The molecule has 142 valence electrons. The zero-order valence-corrected chi connectivity index (χ0v) is 16.2. The lowest BCUT2D eigenvalue weighted by atomic mass is 9.76. The normalized spacial score (nSPS) is 21.4. The van der Waals surface area contributed by atoms with Crippen molar-refractivity contribution >= 4 is 23.6 Å². The first-order valence-electron chi connectivity index (χ1n) is 9.20. The average Bonchev–Trinajstić information content (AvgIpc) is 3.30. The average molecular weight is 385 g/mol. The van der Waals surface area contributed by atoms with Crippen LogP contribution < -0.4 is 0 Å². The van der Waals surface area contributed by atoms with Crippen molar-refractivity contribution in [1.29, 1.82) is 0 Å². The molecule has 2 aromatic rings. The number of cyclic esters (lactones) is 1. The van der Waals surface area contributed by atoms with Crippen molar-refractivity contribution in [2.75, 3.05) is 19.3 Å². The van der Waals surface area contributed by atoms with E-state index >= 15 is 0 Å². The van der Waals surface area contributed by atoms with Gasteiger partial charge in [0.15, 0.2) is 0 Å². The van der Waals surface area contributed by atoms with Gasteiger partial charge in [-0.15, -0.1) is 11.8 Å². The lowest BCUT2D eigenvalue weighted by Crippen LogP contribution is -2.45. The highest BCUT2D eigenvalue weighted by atomic mass is 32.2. The molecule has 3 heterocycles. The van der Waals surface area contributed by atoms with Gasteiger partial charge in [0, 0.05) is 36.8 Å². The number of ether oxygens (including phenoxy) is 1. The van der Waals surface area contributed by atoms with E-state index in [1.807, 2.05) is 46.2 Å². The fourth-order valence-corrected chi connectivity index (χ4v) is 4.70. The molecule has 2 aliphatic heterocycles. The molecular weight excluding hydrogens is 362 g/mol. The molecule has 1 spiro atoms. The smallest absolute Gasteiger partial charge is 0.312 e. The second-order valence-electron chi connectivity index (χ2n) is 7.26. The van der Waals surface area contributed by atoms with Crippen molar-refractivity contribution in [1.82, 2.24) is 14.5 Å². The summed E-state index contributed by atoms with van der Waals surface area (Å²) < 4.78 is 7.59. The Morgan fingerprint density at radius 2 is 2.11 bits per heavy atom. The summed E-state index contributed by atoms with van der Waals surface area (Å²) in [5, 5.41) is 0. The first-order chi connectivity index (χ1) is 13.1. The van der Waals surface area contributed by atoms with Crippen LogP contribution in [0.25, 0.3) is 0 Å². The van der Waals surface area contributed by atoms with Crippen LogP contribution in [-0.4, -0.2) is 51.8 Å². The van der Waals surface area contributed by atoms with Crippen molar-refractivity contribution in [2.45, 2.75) is 36.8 Å². The SMILES string of the molecule is CSc1ccccc1C(=O)N1CCC2(CC1)CC(Cn1ccnc1)OC2=O. The number of hydrogen-bond acceptors (Lipinski definition) is 5. The maximum absolute atomic E-state index is 12.9. The molecule has 0 N–H and O–H groups in total. The molecule has 1 atom stereocenters. The van der Waals surface area contributed by atoms with Gasteiger partial charge >= 0.3 is 5.97 Å². The van der Waals surface area contributed by atoms with E-state index in [1.165, 1.54) is 0 Å². The van der Waals surface area contributed by atoms with Crippen molar-refractivity contribution in [3.63, 3.8) is 0 Å². The molecule has 2 aliphatic rings. The first kappa shape index (κ1) is 18.1. The summed E-state index contributed by atoms with van der Waals surface area (Å²) in [6.07, 6.45) is 9.25. The molecule has 0 radical (unpaired) electrons. The highest BCUT2D eigenvalue weighted by Crippen LogP contribution is 2.43. The Balaban J connectivity index is 1.41. The number of piperidine rings is 1. The number of hydrogen-bond donors (Lipinski definition) is 0. The predicted octanol–water partition coefficient (Wildman–Crippen LogP) is 2.84. The van der Waals surface area contributed by atoms with Crippen LogP contribution in [0.5, 0.6) is 0 Å². The van der Waals surface area contributed by atoms with E-state index in [1.54, 1.807) is 24.3 Å². The molecule has 27 heavy (non-hydrogen) atoms. The maximum Gasteiger partial charge on any atom is 0.312 e. The van der Waals surface area contributed by atoms with Crippen LogP contribution in [0, 0.1) is 5.41 Å². The molecule has 4 rings (SSSR count). The molecule has 6 nitrogen and oxygen atoms in total. The predicted molar refractivity (Wildman–Crippen MR) is 103 cm³/mol. The largest absolute Gasteiger partial charge is 0.460 e. The summed E-state index contributed by atoms with van der Waals surface area (Å²) in [4.78, 5) is 32.4. The summed E-state index contributed by atoms with van der Waals surface area (Å²) in [6, 6.07) is 7.69. The topological polar surface area (TPSA) is 64.4 Å². The van der Waals surface area contributed by atoms with Gasteiger partial charge in [-0.2, -0.15) is 0 Å². The summed E-state index contributed by atoms with van der Waals surface area (Å²) in [5.41, 5.74) is 0.300. The minimum Gasteiger partial charge on any atom is -0.460 e. The number of nitrogens with zero attached hydrogens (tertiary/aromatic N) is 3. The second kappa shape index (κ2) is 7.38. The number of imidazole rings is 1. The minimum absolute atomic E-state index is 0.0520. The van der Waals surface area contributed by atoms with E-state index < -0.39 is 5.41 Å². The van der Waals surface area contributed by atoms with Crippen molar-refractivity contribution in [3.05, 3.63) is 48.5 Å². The molecule has 2 fully saturated rings. The molecule has 1 unspecified atom stereocenters. The highest BCUT2D eigenvalue weighted by Gasteiger charge is 2.50. The fourth-order valence-electron chi connectivity index (χ4n) is 4.11. The Kier molecular flexibility index (Phi) is 4.95. The Bertz CT molecular complexity index is 829. The van der Waals surface area contributed by atoms with Gasteiger partial charge in [-0.3, -0.25) is 9.59 Å². The van der Waals surface area contributed by atoms with Gasteiger partial charge in [0.1, 0.15) is 6.10 Å². The maximum atomic E-state index is 12.9. The molecule has 1 amide bonds. The van der Waals surface area contributed by atoms with Crippen molar-refractivity contribution < 1.29 is 14.3 Å². The molecule has 7 heteroatoms. The Labute approximate surface area is 162 Å². The summed E-state index contributed by atoms with van der Waals surface area (Å²) in [7, 11) is 0. The summed E-state index contributed by atoms with van der Waals surface area (Å²) >= 11 is 1.58. The zero-order valence-electron chi connectivity index (χ0n) is 15.3. The Hall–Kier alpha value is -2.28. The third-order valence-corrected chi connectivity index (χ3v) is 6.44. The van der Waals surface area contributed by atoms with Crippen LogP contribution >= 0.6 is 11.8 Å². The molecule has 2 saturated heterocycles. The van der Waals surface area contributed by atoms with Crippen molar-refractivity contribution in [3.8, 4) is 0 Å². The number of esters is 1. The standard InChI is InChI=1S/C20H23N3O3S/c1-27-17-5-3-2-4-16(17)18(24)23-9-6-20(7-10-23)12-15(26-19(20)25)13-22-11-8-21-14-22/h2-5,8,11,14-15H,6-7,9-10,12-13H2,1H3. The Morgan fingerprint density at radius 3 is 2.81 bits per heavy atom. The van der Waals surface area contributed by atoms with Gasteiger partial charge in [-0.25, -0.2) is 4.98 Å². The van der Waals surface area contributed by atoms with Crippen LogP contribution in [0.3, 0.4) is 0 Å². The summed E-state index contributed by atoms with van der Waals surface area (Å²) in [6.45, 7) is 1.82. The minimum atomic E-state index is -0.443. The number of carbonyl (C=O) groups excluding carboxylic acids is 2. The van der Waals surface area contributed by atoms with Crippen LogP contribution in [0.2, 0.25) is 0 Å². The summed E-state index contributed by atoms with van der Waals surface area (Å²) in [5.74, 6) is -0.0552. The number of aromatic nitrogens is 2. The van der Waals surface area contributed by atoms with E-state index in [0.29, 0.717) is 38.9 Å². The quantitative estimate of drug-likeness (QED) is 0.598. The Morgan fingerprint density at radius 1 is 1.33 bits per heavy atom. The second-order valence-corrected chi connectivity index (χ2v) is 8.11. The number of benzene rings is 1. The molecule has 1 aromatic carbocycles. The lowest BCUT2D eigenvalue weighted by Gasteiger charge is -2.36. The number of carbonyl (C=O) groups is 2. The van der Waals surface area contributed by atoms with E-state index in [-0.39, 0.29) is 18.0 Å². The van der Waals surface area contributed by atoms with Crippen LogP contribution in [-0.2, 0) is 16.1 Å². The molecular formula is C20H23N3O3S. The first-order valence-corrected chi connectivity index (χ1v) is 10.4. The third kappa shape index (κ3) is 3.48. The number of likely N-dealkylation sites (tertiary alicyclic amines) is 1. The van der Waals surface area contributed by atoms with Gasteiger partial charge in [0.2, 0.25) is 0 Å². The van der Waals surface area contributed by atoms with E-state index in [9.17, 15) is 9.59 Å². The van der Waals surface area contributed by atoms with E-state index in [0.717, 1.165) is 10.5 Å². The van der Waals surface area contributed by atoms with Gasteiger partial charge < -0.3 is 14.2 Å².